The Bertz CT molecular complexity index is 707. The van der Waals surface area contributed by atoms with Crippen LogP contribution in [0, 0.1) is 0 Å². The molecule has 0 bridgehead atoms. The van der Waals surface area contributed by atoms with Crippen LogP contribution in [0.5, 0.6) is 0 Å². The number of anilines is 2. The summed E-state index contributed by atoms with van der Waals surface area (Å²) in [5.41, 5.74) is 5.59. The van der Waals surface area contributed by atoms with Crippen LogP contribution in [-0.4, -0.2) is 18.4 Å². The fourth-order valence-electron chi connectivity index (χ4n) is 1.30. The Balaban J connectivity index is 2.44. The summed E-state index contributed by atoms with van der Waals surface area (Å²) in [6.07, 6.45) is 4.05. The summed E-state index contributed by atoms with van der Waals surface area (Å²) < 4.78 is 26.5. The highest BCUT2D eigenvalue weighted by molar-refractivity contribution is 7.92. The van der Waals surface area contributed by atoms with Gasteiger partial charge in [-0.3, -0.25) is 9.71 Å². The smallest absolute Gasteiger partial charge is 0.264 e. The molecule has 0 saturated heterocycles. The molecule has 0 saturated carbocycles. The summed E-state index contributed by atoms with van der Waals surface area (Å²) in [5.74, 6) is 0.0760. The van der Waals surface area contributed by atoms with Gasteiger partial charge in [0, 0.05) is 12.4 Å². The van der Waals surface area contributed by atoms with E-state index in [-0.39, 0.29) is 26.4 Å². The van der Waals surface area contributed by atoms with Crippen LogP contribution in [0.4, 0.5) is 11.5 Å². The normalized spacial score (nSPS) is 11.3. The molecule has 0 spiro atoms. The zero-order chi connectivity index (χ0) is 14.0. The van der Waals surface area contributed by atoms with Crippen molar-refractivity contribution in [3.63, 3.8) is 0 Å². The molecule has 0 aliphatic carbocycles. The first-order valence-electron chi connectivity index (χ1n) is 4.94. The third kappa shape index (κ3) is 2.89. The third-order valence-electron chi connectivity index (χ3n) is 2.18. The molecule has 0 aliphatic rings. The molecule has 0 radical (unpaired) electrons. The van der Waals surface area contributed by atoms with E-state index in [9.17, 15) is 8.42 Å². The molecule has 1 aromatic carbocycles. The van der Waals surface area contributed by atoms with E-state index in [0.717, 1.165) is 0 Å². The monoisotopic (exact) mass is 318 g/mol. The first-order chi connectivity index (χ1) is 8.92. The van der Waals surface area contributed by atoms with Gasteiger partial charge < -0.3 is 5.73 Å². The molecule has 9 heteroatoms. The quantitative estimate of drug-likeness (QED) is 0.845. The van der Waals surface area contributed by atoms with E-state index >= 15 is 0 Å². The Hall–Kier alpha value is -1.57. The molecule has 6 nitrogen and oxygen atoms in total. The van der Waals surface area contributed by atoms with E-state index in [2.05, 4.69) is 14.7 Å². The van der Waals surface area contributed by atoms with Crippen LogP contribution in [0.15, 0.2) is 35.6 Å². The number of nitrogen functional groups attached to an aromatic ring is 1. The van der Waals surface area contributed by atoms with Gasteiger partial charge in [-0.2, -0.15) is 0 Å². The summed E-state index contributed by atoms with van der Waals surface area (Å²) in [6, 6.07) is 2.62. The van der Waals surface area contributed by atoms with Crippen molar-refractivity contribution in [2.45, 2.75) is 4.90 Å². The minimum Gasteiger partial charge on any atom is -0.396 e. The van der Waals surface area contributed by atoms with E-state index in [0.29, 0.717) is 0 Å². The van der Waals surface area contributed by atoms with Gasteiger partial charge in [0.2, 0.25) is 0 Å². The van der Waals surface area contributed by atoms with Crippen LogP contribution in [-0.2, 0) is 10.0 Å². The highest BCUT2D eigenvalue weighted by Crippen LogP contribution is 2.33. The van der Waals surface area contributed by atoms with Crippen molar-refractivity contribution in [2.24, 2.45) is 0 Å². The van der Waals surface area contributed by atoms with Gasteiger partial charge in [-0.1, -0.05) is 23.2 Å². The average molecular weight is 319 g/mol. The number of benzene rings is 1. The van der Waals surface area contributed by atoms with E-state index in [1.165, 1.54) is 30.7 Å². The molecule has 1 heterocycles. The van der Waals surface area contributed by atoms with E-state index in [4.69, 9.17) is 28.9 Å². The minimum absolute atomic E-state index is 0.00496. The van der Waals surface area contributed by atoms with E-state index in [1.54, 1.807) is 0 Å². The predicted molar refractivity (Wildman–Crippen MR) is 73.7 cm³/mol. The lowest BCUT2D eigenvalue weighted by Crippen LogP contribution is -2.15. The van der Waals surface area contributed by atoms with Crippen molar-refractivity contribution < 1.29 is 8.42 Å². The number of rotatable bonds is 3. The fourth-order valence-corrected chi connectivity index (χ4v) is 3.06. The zero-order valence-electron chi connectivity index (χ0n) is 9.34. The second kappa shape index (κ2) is 5.20. The van der Waals surface area contributed by atoms with Crippen molar-refractivity contribution in [3.05, 3.63) is 40.8 Å². The van der Waals surface area contributed by atoms with Gasteiger partial charge in [0.25, 0.3) is 10.0 Å². The van der Waals surface area contributed by atoms with Crippen LogP contribution in [0.1, 0.15) is 0 Å². The zero-order valence-corrected chi connectivity index (χ0v) is 11.7. The maximum absolute atomic E-state index is 12.1. The molecule has 0 unspecified atom stereocenters. The number of hydrogen-bond acceptors (Lipinski definition) is 5. The lowest BCUT2D eigenvalue weighted by molar-refractivity contribution is 0.601. The summed E-state index contributed by atoms with van der Waals surface area (Å²) in [5, 5.41) is 0.0485. The van der Waals surface area contributed by atoms with Crippen molar-refractivity contribution in [1.82, 2.24) is 9.97 Å². The van der Waals surface area contributed by atoms with Gasteiger partial charge in [0.1, 0.15) is 4.90 Å². The van der Waals surface area contributed by atoms with Crippen molar-refractivity contribution in [1.29, 1.82) is 0 Å². The topological polar surface area (TPSA) is 98.0 Å². The summed E-state index contributed by atoms with van der Waals surface area (Å²) in [6.45, 7) is 0. The number of nitrogens with zero attached hydrogens (tertiary/aromatic N) is 2. The number of hydrogen-bond donors (Lipinski definition) is 2. The number of halogens is 2. The first-order valence-corrected chi connectivity index (χ1v) is 7.18. The van der Waals surface area contributed by atoms with Gasteiger partial charge in [0.05, 0.1) is 21.9 Å². The molecular formula is C10H8Cl2N4O2S. The van der Waals surface area contributed by atoms with Gasteiger partial charge >= 0.3 is 0 Å². The number of nitrogens with one attached hydrogen (secondary N) is 1. The van der Waals surface area contributed by atoms with Gasteiger partial charge in [-0.15, -0.1) is 0 Å². The molecule has 3 N–H and O–H groups in total. The number of nitrogens with two attached hydrogens (primary N) is 1. The molecule has 100 valence electrons. The molecule has 0 amide bonds. The molecule has 2 rings (SSSR count). The second-order valence-electron chi connectivity index (χ2n) is 3.47. The van der Waals surface area contributed by atoms with Crippen LogP contribution < -0.4 is 10.5 Å². The molecule has 0 atom stereocenters. The number of sulfonamides is 1. The fraction of sp³-hybridized carbons (Fsp3) is 0. The Morgan fingerprint density at radius 2 is 1.95 bits per heavy atom. The van der Waals surface area contributed by atoms with E-state index < -0.39 is 10.0 Å². The summed E-state index contributed by atoms with van der Waals surface area (Å²) >= 11 is 11.6. The Labute approximate surface area is 119 Å². The SMILES string of the molecule is Nc1c(Cl)ccc(S(=O)(=O)Nc2cnccn2)c1Cl. The standard InChI is InChI=1S/C10H8Cl2N4O2S/c11-6-1-2-7(9(12)10(6)13)19(17,18)16-8-5-14-3-4-15-8/h1-5H,13H2,(H,15,16). The lowest BCUT2D eigenvalue weighted by atomic mass is 10.3. The first kappa shape index (κ1) is 13.9. The van der Waals surface area contributed by atoms with Crippen LogP contribution >= 0.6 is 23.2 Å². The third-order valence-corrected chi connectivity index (χ3v) is 4.43. The second-order valence-corrected chi connectivity index (χ2v) is 5.91. The molecule has 19 heavy (non-hydrogen) atoms. The molecular weight excluding hydrogens is 311 g/mol. The Morgan fingerprint density at radius 1 is 1.21 bits per heavy atom. The Morgan fingerprint density at radius 3 is 2.58 bits per heavy atom. The van der Waals surface area contributed by atoms with E-state index in [1.807, 2.05) is 0 Å². The highest BCUT2D eigenvalue weighted by atomic mass is 35.5. The van der Waals surface area contributed by atoms with Gasteiger partial charge in [-0.25, -0.2) is 13.4 Å². The Kier molecular flexibility index (Phi) is 3.79. The maximum Gasteiger partial charge on any atom is 0.264 e. The molecule has 2 aromatic rings. The number of aromatic nitrogens is 2. The largest absolute Gasteiger partial charge is 0.396 e. The molecule has 1 aromatic heterocycles. The van der Waals surface area contributed by atoms with Crippen molar-refractivity contribution >= 4 is 44.7 Å². The van der Waals surface area contributed by atoms with Crippen molar-refractivity contribution in [2.75, 3.05) is 10.5 Å². The summed E-state index contributed by atoms with van der Waals surface area (Å²) in [4.78, 5) is 7.38. The van der Waals surface area contributed by atoms with Crippen LogP contribution in [0.2, 0.25) is 10.0 Å². The molecule has 0 aliphatic heterocycles. The lowest BCUT2D eigenvalue weighted by Gasteiger charge is -2.10. The average Bonchev–Trinajstić information content (AvgIpc) is 2.36. The molecule has 0 fully saturated rings. The minimum atomic E-state index is -3.91. The van der Waals surface area contributed by atoms with Gasteiger partial charge in [0.15, 0.2) is 5.82 Å². The summed E-state index contributed by atoms with van der Waals surface area (Å²) in [7, 11) is -3.91. The maximum atomic E-state index is 12.1. The van der Waals surface area contributed by atoms with Crippen LogP contribution in [0.25, 0.3) is 0 Å². The van der Waals surface area contributed by atoms with Crippen LogP contribution in [0.3, 0.4) is 0 Å². The predicted octanol–water partition coefficient (Wildman–Crippen LogP) is 2.17. The highest BCUT2D eigenvalue weighted by Gasteiger charge is 2.21. The van der Waals surface area contributed by atoms with Crippen molar-refractivity contribution in [3.8, 4) is 0 Å². The van der Waals surface area contributed by atoms with Gasteiger partial charge in [-0.05, 0) is 12.1 Å².